The Balaban J connectivity index is 1.25. The lowest BCUT2D eigenvalue weighted by atomic mass is 9.99. The number of benzene rings is 2. The Morgan fingerprint density at radius 1 is 1.12 bits per heavy atom. The Hall–Kier alpha value is -3.09. The van der Waals surface area contributed by atoms with Crippen LogP contribution in [-0.4, -0.2) is 61.3 Å². The molecule has 0 fully saturated rings. The van der Waals surface area contributed by atoms with Crippen LogP contribution in [0, 0.1) is 0 Å². The first kappa shape index (κ1) is 21.7. The van der Waals surface area contributed by atoms with Crippen molar-refractivity contribution in [2.75, 3.05) is 40.9 Å². The van der Waals surface area contributed by atoms with Crippen LogP contribution >= 0.6 is 0 Å². The highest BCUT2D eigenvalue weighted by atomic mass is 16.7. The van der Waals surface area contributed by atoms with Gasteiger partial charge in [0.25, 0.3) is 5.91 Å². The number of carbonyl (C=O) groups is 1. The second-order valence-electron chi connectivity index (χ2n) is 8.90. The monoisotopic (exact) mass is 445 g/mol. The van der Waals surface area contributed by atoms with Gasteiger partial charge in [0, 0.05) is 50.3 Å². The largest absolute Gasteiger partial charge is 0.497 e. The van der Waals surface area contributed by atoms with E-state index < -0.39 is 0 Å². The number of carbonyl (C=O) groups excluding carboxylic acids is 1. The van der Waals surface area contributed by atoms with Gasteiger partial charge in [0.1, 0.15) is 5.75 Å². The van der Waals surface area contributed by atoms with Crippen LogP contribution < -0.4 is 4.74 Å². The summed E-state index contributed by atoms with van der Waals surface area (Å²) in [6.07, 6.45) is 5.17. The molecule has 6 nitrogen and oxygen atoms in total. The fourth-order valence-electron chi connectivity index (χ4n) is 5.24. The lowest BCUT2D eigenvalue weighted by molar-refractivity contribution is -0.0755. The number of hydrogen-bond acceptors (Lipinski definition) is 4. The minimum Gasteiger partial charge on any atom is -0.497 e. The topological polar surface area (TPSA) is 46.9 Å². The number of aromatic nitrogens is 1. The Morgan fingerprint density at radius 3 is 2.79 bits per heavy atom. The lowest BCUT2D eigenvalue weighted by Crippen LogP contribution is -2.32. The van der Waals surface area contributed by atoms with Crippen molar-refractivity contribution in [1.82, 2.24) is 14.5 Å². The van der Waals surface area contributed by atoms with Gasteiger partial charge in [0.15, 0.2) is 0 Å². The van der Waals surface area contributed by atoms with Crippen LogP contribution in [-0.2, 0) is 17.8 Å². The molecule has 1 aromatic heterocycles. The second-order valence-corrected chi connectivity index (χ2v) is 8.90. The van der Waals surface area contributed by atoms with Crippen molar-refractivity contribution in [3.05, 3.63) is 70.9 Å². The average Bonchev–Trinajstić information content (AvgIpc) is 3.40. The molecule has 0 saturated carbocycles. The normalized spacial score (nSPS) is 15.6. The number of hydroxylamine groups is 2. The molecule has 3 aromatic rings. The average molecular weight is 446 g/mol. The van der Waals surface area contributed by atoms with Crippen LogP contribution in [0.15, 0.2) is 54.2 Å². The molecule has 0 spiro atoms. The highest BCUT2D eigenvalue weighted by Gasteiger charge is 2.27. The molecule has 2 aliphatic rings. The maximum absolute atomic E-state index is 12.7. The zero-order valence-corrected chi connectivity index (χ0v) is 19.6. The number of hydrogen-bond donors (Lipinski definition) is 0. The van der Waals surface area contributed by atoms with E-state index in [1.165, 1.54) is 28.9 Å². The van der Waals surface area contributed by atoms with Gasteiger partial charge in [-0.05, 0) is 59.7 Å². The number of para-hydroxylation sites is 1. The summed E-state index contributed by atoms with van der Waals surface area (Å²) < 4.78 is 7.64. The first-order valence-electron chi connectivity index (χ1n) is 11.6. The van der Waals surface area contributed by atoms with Gasteiger partial charge < -0.3 is 9.30 Å². The van der Waals surface area contributed by atoms with Gasteiger partial charge in [-0.15, -0.1) is 0 Å². The Labute approximate surface area is 194 Å². The van der Waals surface area contributed by atoms with Crippen LogP contribution in [0.4, 0.5) is 0 Å². The standard InChI is InChI=1S/C27H31N3O3/c1-28(33-3)27(31)25-18-30(26-8-5-4-7-23(25)26)13-6-12-29-14-11-22-20(17-29)15-19-9-10-21(32-2)16-24(19)22/h4-5,7-10,16,18H,6,11-15,17H2,1-3H3. The Kier molecular flexibility index (Phi) is 5.96. The quantitative estimate of drug-likeness (QED) is 0.506. The van der Waals surface area contributed by atoms with E-state index in [9.17, 15) is 4.79 Å². The third kappa shape index (κ3) is 4.05. The molecule has 1 aliphatic heterocycles. The first-order chi connectivity index (χ1) is 16.1. The van der Waals surface area contributed by atoms with Crippen molar-refractivity contribution < 1.29 is 14.4 Å². The minimum atomic E-state index is -0.125. The van der Waals surface area contributed by atoms with Gasteiger partial charge in [-0.1, -0.05) is 24.3 Å². The highest BCUT2D eigenvalue weighted by Crippen LogP contribution is 2.39. The molecule has 0 N–H and O–H groups in total. The number of aryl methyl sites for hydroxylation is 1. The summed E-state index contributed by atoms with van der Waals surface area (Å²) in [6, 6.07) is 14.6. The highest BCUT2D eigenvalue weighted by molar-refractivity contribution is 6.06. The number of methoxy groups -OCH3 is 1. The van der Waals surface area contributed by atoms with Crippen LogP contribution in [0.1, 0.15) is 34.3 Å². The molecule has 172 valence electrons. The van der Waals surface area contributed by atoms with Crippen LogP contribution in [0.2, 0.25) is 0 Å². The maximum Gasteiger partial charge on any atom is 0.279 e. The van der Waals surface area contributed by atoms with E-state index in [0.29, 0.717) is 5.56 Å². The molecule has 6 heteroatoms. The Morgan fingerprint density at radius 2 is 1.97 bits per heavy atom. The van der Waals surface area contributed by atoms with Crippen molar-refractivity contribution in [1.29, 1.82) is 0 Å². The molecule has 2 heterocycles. The van der Waals surface area contributed by atoms with Crippen molar-refractivity contribution in [3.63, 3.8) is 0 Å². The molecule has 1 amide bonds. The number of rotatable bonds is 7. The van der Waals surface area contributed by atoms with E-state index >= 15 is 0 Å². The fraction of sp³-hybridized carbons (Fsp3) is 0.370. The molecule has 33 heavy (non-hydrogen) atoms. The van der Waals surface area contributed by atoms with E-state index in [2.05, 4.69) is 33.7 Å². The van der Waals surface area contributed by atoms with Gasteiger partial charge in [0.05, 0.1) is 19.8 Å². The molecule has 0 bridgehead atoms. The van der Waals surface area contributed by atoms with E-state index in [4.69, 9.17) is 9.57 Å². The molecule has 0 saturated heterocycles. The molecular formula is C27H31N3O3. The van der Waals surface area contributed by atoms with Crippen molar-refractivity contribution in [3.8, 4) is 5.75 Å². The molecule has 0 radical (unpaired) electrons. The summed E-state index contributed by atoms with van der Waals surface area (Å²) in [7, 11) is 4.89. The van der Waals surface area contributed by atoms with Crippen LogP contribution in [0.3, 0.4) is 0 Å². The SMILES string of the molecule is COc1ccc2c(c1)C1=C(C2)CN(CCCn2cc(C(=O)N(C)OC)c3ccccc32)CC1. The third-order valence-corrected chi connectivity index (χ3v) is 7.02. The molecule has 2 aromatic carbocycles. The van der Waals surface area contributed by atoms with E-state index in [-0.39, 0.29) is 5.91 Å². The zero-order chi connectivity index (χ0) is 22.9. The second kappa shape index (κ2) is 9.04. The minimum absolute atomic E-state index is 0.125. The zero-order valence-electron chi connectivity index (χ0n) is 19.6. The maximum atomic E-state index is 12.7. The first-order valence-corrected chi connectivity index (χ1v) is 11.6. The molecule has 1 aliphatic carbocycles. The van der Waals surface area contributed by atoms with E-state index in [1.54, 1.807) is 19.7 Å². The molecule has 5 rings (SSSR count). The third-order valence-electron chi connectivity index (χ3n) is 7.02. The van der Waals surface area contributed by atoms with Crippen molar-refractivity contribution in [2.24, 2.45) is 0 Å². The van der Waals surface area contributed by atoms with Gasteiger partial charge >= 0.3 is 0 Å². The smallest absolute Gasteiger partial charge is 0.279 e. The van der Waals surface area contributed by atoms with E-state index in [1.807, 2.05) is 24.4 Å². The fourth-order valence-corrected chi connectivity index (χ4v) is 5.24. The summed E-state index contributed by atoms with van der Waals surface area (Å²) in [5.41, 5.74) is 7.69. The van der Waals surface area contributed by atoms with Crippen molar-refractivity contribution >= 4 is 22.4 Å². The lowest BCUT2D eigenvalue weighted by Gasteiger charge is -2.28. The van der Waals surface area contributed by atoms with Crippen LogP contribution in [0.25, 0.3) is 16.5 Å². The van der Waals surface area contributed by atoms with Crippen LogP contribution in [0.5, 0.6) is 5.75 Å². The Bertz CT molecular complexity index is 1230. The van der Waals surface area contributed by atoms with Gasteiger partial charge in [-0.3, -0.25) is 14.5 Å². The summed E-state index contributed by atoms with van der Waals surface area (Å²) in [5, 5.41) is 2.25. The molecule has 0 unspecified atom stereocenters. The number of fused-ring (bicyclic) bond motifs is 3. The summed E-state index contributed by atoms with van der Waals surface area (Å²) in [4.78, 5) is 20.4. The summed E-state index contributed by atoms with van der Waals surface area (Å²) >= 11 is 0. The predicted octanol–water partition coefficient (Wildman–Crippen LogP) is 4.39. The van der Waals surface area contributed by atoms with Crippen molar-refractivity contribution in [2.45, 2.75) is 25.8 Å². The predicted molar refractivity (Wildman–Crippen MR) is 130 cm³/mol. The summed E-state index contributed by atoms with van der Waals surface area (Å²) in [5.74, 6) is 0.818. The van der Waals surface area contributed by atoms with Gasteiger partial charge in [0.2, 0.25) is 0 Å². The van der Waals surface area contributed by atoms with Gasteiger partial charge in [-0.2, -0.15) is 0 Å². The van der Waals surface area contributed by atoms with E-state index in [0.717, 1.165) is 62.1 Å². The number of amides is 1. The number of nitrogens with zero attached hydrogens (tertiary/aromatic N) is 3. The summed E-state index contributed by atoms with van der Waals surface area (Å²) in [6.45, 7) is 4.06. The van der Waals surface area contributed by atoms with Gasteiger partial charge in [-0.25, -0.2) is 5.06 Å². The number of ether oxygens (including phenoxy) is 1. The molecular weight excluding hydrogens is 414 g/mol. The molecule has 0 atom stereocenters.